The fraction of sp³-hybridized carbons (Fsp3) is 0.958. The van der Waals surface area contributed by atoms with Crippen LogP contribution in [0.4, 0.5) is 0 Å². The first-order valence-electron chi connectivity index (χ1n) is 12.1. The van der Waals surface area contributed by atoms with Crippen LogP contribution in [-0.2, 0) is 4.79 Å². The molecule has 0 unspecified atom stereocenters. The Kier molecular flexibility index (Phi) is 24.0. The number of nitrogens with two attached hydrogens (primary N) is 1. The Labute approximate surface area is 175 Å². The maximum absolute atomic E-state index is 10.3. The lowest BCUT2D eigenvalue weighted by Crippen LogP contribution is -2.42. The molecule has 4 heteroatoms. The lowest BCUT2D eigenvalue weighted by Gasteiger charge is -2.22. The minimum Gasteiger partial charge on any atom is -0.481 e. The summed E-state index contributed by atoms with van der Waals surface area (Å²) in [7, 11) is 0. The molecular formula is C24H51NO3. The lowest BCUT2D eigenvalue weighted by molar-refractivity contribution is -0.137. The second-order valence-electron chi connectivity index (χ2n) is 8.32. The average Bonchev–Trinajstić information content (AvgIpc) is 2.70. The zero-order valence-electron chi connectivity index (χ0n) is 19.3. The molecule has 0 aliphatic carbocycles. The first kappa shape index (κ1) is 29.6. The van der Waals surface area contributed by atoms with Crippen molar-refractivity contribution in [1.82, 2.24) is 0 Å². The summed E-state index contributed by atoms with van der Waals surface area (Å²) in [6, 6.07) is 0. The Bertz CT molecular complexity index is 309. The fourth-order valence-electron chi connectivity index (χ4n) is 3.12. The smallest absolute Gasteiger partial charge is 0.303 e. The highest BCUT2D eigenvalue weighted by Crippen LogP contribution is 2.13. The molecule has 0 bridgehead atoms. The van der Waals surface area contributed by atoms with Gasteiger partial charge in [0.1, 0.15) is 0 Å². The second kappa shape index (κ2) is 22.7. The number of hydrogen-bond acceptors (Lipinski definition) is 3. The van der Waals surface area contributed by atoms with Crippen LogP contribution in [-0.4, -0.2) is 28.3 Å². The van der Waals surface area contributed by atoms with Crippen LogP contribution >= 0.6 is 0 Å². The van der Waals surface area contributed by atoms with Gasteiger partial charge in [-0.15, -0.1) is 0 Å². The molecule has 0 saturated carbocycles. The summed E-state index contributed by atoms with van der Waals surface area (Å²) in [6.07, 6.45) is 21.9. The van der Waals surface area contributed by atoms with Crippen molar-refractivity contribution in [2.24, 2.45) is 5.73 Å². The Morgan fingerprint density at radius 1 is 0.679 bits per heavy atom. The van der Waals surface area contributed by atoms with Crippen molar-refractivity contribution in [3.63, 3.8) is 0 Å². The largest absolute Gasteiger partial charge is 0.481 e. The summed E-state index contributed by atoms with van der Waals surface area (Å²) in [6.45, 7) is 6.34. The highest BCUT2D eigenvalue weighted by molar-refractivity contribution is 5.66. The third-order valence-electron chi connectivity index (χ3n) is 5.72. The highest BCUT2D eigenvalue weighted by atomic mass is 16.4. The number of aliphatic carboxylic acids is 1. The molecule has 4 nitrogen and oxygen atoms in total. The molecule has 4 N–H and O–H groups in total. The van der Waals surface area contributed by atoms with Crippen LogP contribution in [0.1, 0.15) is 136 Å². The Morgan fingerprint density at radius 2 is 1.00 bits per heavy atom. The molecule has 0 aromatic rings. The average molecular weight is 402 g/mol. The van der Waals surface area contributed by atoms with E-state index in [0.29, 0.717) is 6.42 Å². The van der Waals surface area contributed by atoms with Crippen LogP contribution in [0.15, 0.2) is 0 Å². The fourth-order valence-corrected chi connectivity index (χ4v) is 3.12. The molecule has 0 aromatic carbocycles. The van der Waals surface area contributed by atoms with E-state index >= 15 is 0 Å². The van der Waals surface area contributed by atoms with E-state index in [2.05, 4.69) is 6.92 Å². The predicted octanol–water partition coefficient (Wildman–Crippen LogP) is 6.83. The van der Waals surface area contributed by atoms with E-state index in [4.69, 9.17) is 15.9 Å². The van der Waals surface area contributed by atoms with Crippen molar-refractivity contribution in [3.05, 3.63) is 0 Å². The van der Waals surface area contributed by atoms with Gasteiger partial charge in [-0.3, -0.25) is 4.79 Å². The van der Waals surface area contributed by atoms with Crippen LogP contribution in [0.2, 0.25) is 0 Å². The summed E-state index contributed by atoms with van der Waals surface area (Å²) in [5, 5.41) is 17.2. The van der Waals surface area contributed by atoms with Crippen molar-refractivity contribution in [1.29, 1.82) is 0 Å². The molecule has 170 valence electrons. The lowest BCUT2D eigenvalue weighted by atomic mass is 9.96. The van der Waals surface area contributed by atoms with Gasteiger partial charge in [-0.1, -0.05) is 111 Å². The normalized spacial score (nSPS) is 11.2. The van der Waals surface area contributed by atoms with E-state index in [-0.39, 0.29) is 12.1 Å². The second-order valence-corrected chi connectivity index (χ2v) is 8.32. The number of aliphatic hydroxyl groups excluding tert-OH is 1. The van der Waals surface area contributed by atoms with E-state index < -0.39 is 5.97 Å². The van der Waals surface area contributed by atoms with Crippen LogP contribution in [0.5, 0.6) is 0 Å². The summed E-state index contributed by atoms with van der Waals surface area (Å²) >= 11 is 0. The molecular weight excluding hydrogens is 350 g/mol. The van der Waals surface area contributed by atoms with E-state index in [1.807, 2.05) is 13.8 Å². The van der Waals surface area contributed by atoms with Crippen LogP contribution in [0, 0.1) is 0 Å². The van der Waals surface area contributed by atoms with Crippen molar-refractivity contribution < 1.29 is 15.0 Å². The monoisotopic (exact) mass is 401 g/mol. The summed E-state index contributed by atoms with van der Waals surface area (Å²) in [5.74, 6) is -0.653. The Morgan fingerprint density at radius 3 is 1.21 bits per heavy atom. The SMILES string of the molecule is CCC(N)(CC)CO.CCCCCCCCCCCCCCCCCC(=O)O. The Hall–Kier alpha value is -0.610. The van der Waals surface area contributed by atoms with Gasteiger partial charge in [0.2, 0.25) is 0 Å². The minimum atomic E-state index is -0.653. The van der Waals surface area contributed by atoms with Crippen LogP contribution in [0.3, 0.4) is 0 Å². The number of carboxylic acids is 1. The Balaban J connectivity index is 0. The van der Waals surface area contributed by atoms with Crippen molar-refractivity contribution in [3.8, 4) is 0 Å². The van der Waals surface area contributed by atoms with Crippen molar-refractivity contribution in [2.45, 2.75) is 142 Å². The number of carbonyl (C=O) groups is 1. The van der Waals surface area contributed by atoms with Gasteiger partial charge in [-0.05, 0) is 19.3 Å². The van der Waals surface area contributed by atoms with E-state index in [1.165, 1.54) is 83.5 Å². The van der Waals surface area contributed by atoms with Gasteiger partial charge in [0.25, 0.3) is 0 Å². The number of rotatable bonds is 19. The first-order chi connectivity index (χ1) is 13.5. The molecule has 0 fully saturated rings. The summed E-state index contributed by atoms with van der Waals surface area (Å²) in [4.78, 5) is 10.3. The molecule has 0 aliphatic heterocycles. The number of aliphatic hydroxyl groups is 1. The minimum absolute atomic E-state index is 0.0972. The van der Waals surface area contributed by atoms with E-state index in [0.717, 1.165) is 25.7 Å². The molecule has 0 aromatic heterocycles. The molecule has 0 heterocycles. The predicted molar refractivity (Wildman–Crippen MR) is 122 cm³/mol. The van der Waals surface area contributed by atoms with E-state index in [9.17, 15) is 4.79 Å². The third-order valence-corrected chi connectivity index (χ3v) is 5.72. The molecule has 0 spiro atoms. The topological polar surface area (TPSA) is 83.5 Å². The molecule has 0 atom stereocenters. The van der Waals surface area contributed by atoms with Gasteiger partial charge in [-0.2, -0.15) is 0 Å². The standard InChI is InChI=1S/C18H36O2.C6H15NO/c1-2-3-4-5-6-7-8-9-10-11-12-13-14-15-16-17-18(19)20;1-3-6(7,4-2)5-8/h2-17H2,1H3,(H,19,20);8H,3-5,7H2,1-2H3. The summed E-state index contributed by atoms with van der Waals surface area (Å²) < 4.78 is 0. The van der Waals surface area contributed by atoms with Gasteiger partial charge < -0.3 is 15.9 Å². The molecule has 0 saturated heterocycles. The molecule has 0 rings (SSSR count). The van der Waals surface area contributed by atoms with Crippen molar-refractivity contribution in [2.75, 3.05) is 6.61 Å². The summed E-state index contributed by atoms with van der Waals surface area (Å²) in [5.41, 5.74) is 5.33. The maximum Gasteiger partial charge on any atom is 0.303 e. The van der Waals surface area contributed by atoms with Crippen LogP contribution < -0.4 is 5.73 Å². The van der Waals surface area contributed by atoms with Gasteiger partial charge >= 0.3 is 5.97 Å². The van der Waals surface area contributed by atoms with E-state index in [1.54, 1.807) is 0 Å². The molecule has 0 radical (unpaired) electrons. The zero-order valence-corrected chi connectivity index (χ0v) is 19.3. The van der Waals surface area contributed by atoms with Gasteiger partial charge in [0, 0.05) is 12.0 Å². The van der Waals surface area contributed by atoms with Crippen LogP contribution in [0.25, 0.3) is 0 Å². The first-order valence-corrected chi connectivity index (χ1v) is 12.1. The number of unbranched alkanes of at least 4 members (excludes halogenated alkanes) is 14. The third kappa shape index (κ3) is 23.4. The number of hydrogen-bond donors (Lipinski definition) is 3. The van der Waals surface area contributed by atoms with Gasteiger partial charge in [0.15, 0.2) is 0 Å². The molecule has 28 heavy (non-hydrogen) atoms. The molecule has 0 amide bonds. The van der Waals surface area contributed by atoms with Gasteiger partial charge in [-0.25, -0.2) is 0 Å². The quantitative estimate of drug-likeness (QED) is 0.207. The molecule has 0 aliphatic rings. The highest BCUT2D eigenvalue weighted by Gasteiger charge is 2.17. The van der Waals surface area contributed by atoms with Gasteiger partial charge in [0.05, 0.1) is 6.61 Å². The van der Waals surface area contributed by atoms with Crippen molar-refractivity contribution >= 4 is 5.97 Å². The zero-order chi connectivity index (χ0) is 21.5. The number of carboxylic acid groups (broad SMARTS) is 1. The maximum atomic E-state index is 10.3.